The van der Waals surface area contributed by atoms with Crippen molar-refractivity contribution >= 4 is 11.8 Å². The van der Waals surface area contributed by atoms with E-state index in [4.69, 9.17) is 4.98 Å². The number of hydrogen-bond acceptors (Lipinski definition) is 3. The normalized spacial score (nSPS) is 14.1. The zero-order valence-corrected chi connectivity index (χ0v) is 18.2. The van der Waals surface area contributed by atoms with Gasteiger partial charge in [0.15, 0.2) is 0 Å². The van der Waals surface area contributed by atoms with Gasteiger partial charge in [-0.1, -0.05) is 50.3 Å². The molecule has 1 aromatic rings. The minimum absolute atomic E-state index is 0.116. The van der Waals surface area contributed by atoms with Crippen molar-refractivity contribution in [3.63, 3.8) is 0 Å². The lowest BCUT2D eigenvalue weighted by molar-refractivity contribution is 0.240. The number of nitrogens with one attached hydrogen (secondary N) is 3. The number of carbonyl (C=O) groups is 1. The van der Waals surface area contributed by atoms with Crippen molar-refractivity contribution in [2.75, 3.05) is 25.0 Å². The molecule has 0 aromatic carbocycles. The van der Waals surface area contributed by atoms with E-state index >= 15 is 0 Å². The van der Waals surface area contributed by atoms with Crippen LogP contribution in [-0.4, -0.2) is 30.6 Å². The lowest BCUT2D eigenvalue weighted by Gasteiger charge is -2.16. The van der Waals surface area contributed by atoms with Crippen molar-refractivity contribution in [2.24, 2.45) is 5.92 Å². The van der Waals surface area contributed by atoms with E-state index in [1.165, 1.54) is 24.8 Å². The van der Waals surface area contributed by atoms with E-state index in [1.54, 1.807) is 12.2 Å². The summed E-state index contributed by atoms with van der Waals surface area (Å²) in [4.78, 5) is 16.6. The van der Waals surface area contributed by atoms with E-state index in [0.717, 1.165) is 37.3 Å². The molecule has 5 nitrogen and oxygen atoms in total. The number of rotatable bonds is 8. The second kappa shape index (κ2) is 15.4. The first-order chi connectivity index (χ1) is 14.1. The van der Waals surface area contributed by atoms with Gasteiger partial charge in [0.25, 0.3) is 0 Å². The minimum Gasteiger partial charge on any atom is -0.370 e. The largest absolute Gasteiger partial charge is 0.370 e. The van der Waals surface area contributed by atoms with Gasteiger partial charge in [-0.15, -0.1) is 6.58 Å². The summed E-state index contributed by atoms with van der Waals surface area (Å²) in [7, 11) is 0. The van der Waals surface area contributed by atoms with Gasteiger partial charge in [0.2, 0.25) is 0 Å². The third kappa shape index (κ3) is 11.1. The molecule has 2 amide bonds. The van der Waals surface area contributed by atoms with Crippen LogP contribution in [0.4, 0.5) is 10.6 Å². The molecule has 1 aromatic heterocycles. The number of pyridine rings is 1. The number of hydrogen-bond donors (Lipinski definition) is 3. The van der Waals surface area contributed by atoms with Gasteiger partial charge in [-0.2, -0.15) is 0 Å². The zero-order chi connectivity index (χ0) is 21.3. The molecule has 0 saturated heterocycles. The molecule has 1 atom stereocenters. The van der Waals surface area contributed by atoms with Crippen LogP contribution >= 0.6 is 0 Å². The number of anilines is 1. The van der Waals surface area contributed by atoms with E-state index in [-0.39, 0.29) is 6.03 Å². The maximum absolute atomic E-state index is 11.9. The van der Waals surface area contributed by atoms with Gasteiger partial charge < -0.3 is 16.0 Å². The molecule has 1 aliphatic rings. The molecule has 160 valence electrons. The van der Waals surface area contributed by atoms with E-state index < -0.39 is 0 Å². The Labute approximate surface area is 176 Å². The van der Waals surface area contributed by atoms with Gasteiger partial charge in [-0.05, 0) is 50.2 Å². The summed E-state index contributed by atoms with van der Waals surface area (Å²) in [5, 5.41) is 9.24. The summed E-state index contributed by atoms with van der Waals surface area (Å²) in [5.41, 5.74) is 2.32. The molecule has 0 bridgehead atoms. The van der Waals surface area contributed by atoms with Gasteiger partial charge in [0, 0.05) is 31.7 Å². The third-order valence-electron chi connectivity index (χ3n) is 4.58. The van der Waals surface area contributed by atoms with Crippen molar-refractivity contribution in [1.29, 1.82) is 0 Å². The van der Waals surface area contributed by atoms with Crippen molar-refractivity contribution in [2.45, 2.75) is 52.4 Å². The maximum atomic E-state index is 11.9. The van der Waals surface area contributed by atoms with Crippen LogP contribution in [0.1, 0.15) is 50.8 Å². The topological polar surface area (TPSA) is 66.0 Å². The first-order valence-electron chi connectivity index (χ1n) is 10.7. The molecule has 3 N–H and O–H groups in total. The highest BCUT2D eigenvalue weighted by Crippen LogP contribution is 2.19. The predicted octanol–water partition coefficient (Wildman–Crippen LogP) is 5.02. The molecule has 0 aliphatic carbocycles. The molecule has 0 saturated carbocycles. The van der Waals surface area contributed by atoms with Gasteiger partial charge in [-0.25, -0.2) is 9.78 Å². The van der Waals surface area contributed by atoms with Crippen LogP contribution in [0.5, 0.6) is 0 Å². The first-order valence-corrected chi connectivity index (χ1v) is 10.7. The highest BCUT2D eigenvalue weighted by molar-refractivity contribution is 5.73. The Morgan fingerprint density at radius 2 is 2.00 bits per heavy atom. The maximum Gasteiger partial charge on any atom is 0.314 e. The Bertz CT molecular complexity index is 654. The SMILES string of the molecule is C=C/C=C\C(C)CCNC(=O)NCCc1ccc2c(n1)NCCCCC2.C=CC. The fourth-order valence-corrected chi connectivity index (χ4v) is 2.99. The highest BCUT2D eigenvalue weighted by atomic mass is 16.2. The summed E-state index contributed by atoms with van der Waals surface area (Å²) >= 11 is 0. The molecule has 2 rings (SSSR count). The standard InChI is InChI=1S/C21H32N4O.C3H6/c1-3-4-8-17(2)12-15-23-21(26)24-16-13-19-11-10-18-9-6-5-7-14-22-20(18)25-19;1-3-2/h3-4,8,10-11,17H,1,5-7,9,12-16H2,2H3,(H,22,25)(H2,23,24,26);3H,1H2,2H3/b8-4-;. The summed E-state index contributed by atoms with van der Waals surface area (Å²) < 4.78 is 0. The second-order valence-electron chi connectivity index (χ2n) is 7.28. The van der Waals surface area contributed by atoms with E-state index in [9.17, 15) is 4.79 Å². The third-order valence-corrected chi connectivity index (χ3v) is 4.58. The Balaban J connectivity index is 0.00000132. The molecule has 2 heterocycles. The second-order valence-corrected chi connectivity index (χ2v) is 7.28. The fraction of sp³-hybridized carbons (Fsp3) is 0.500. The average Bonchev–Trinajstić information content (AvgIpc) is 2.68. The van der Waals surface area contributed by atoms with Crippen molar-refractivity contribution in [3.8, 4) is 0 Å². The lowest BCUT2D eigenvalue weighted by Crippen LogP contribution is -2.37. The molecule has 0 spiro atoms. The van der Waals surface area contributed by atoms with E-state index in [1.807, 2.05) is 13.0 Å². The number of fused-ring (bicyclic) bond motifs is 1. The van der Waals surface area contributed by atoms with Crippen LogP contribution < -0.4 is 16.0 Å². The van der Waals surface area contributed by atoms with Crippen LogP contribution in [0.2, 0.25) is 0 Å². The monoisotopic (exact) mass is 398 g/mol. The Morgan fingerprint density at radius 1 is 1.24 bits per heavy atom. The molecule has 29 heavy (non-hydrogen) atoms. The van der Waals surface area contributed by atoms with Crippen molar-refractivity contribution < 1.29 is 4.79 Å². The molecular weight excluding hydrogens is 360 g/mol. The number of amides is 2. The van der Waals surface area contributed by atoms with Crippen LogP contribution in [0.25, 0.3) is 0 Å². The molecule has 5 heteroatoms. The number of carbonyl (C=O) groups excluding carboxylic acids is 1. The van der Waals surface area contributed by atoms with Gasteiger partial charge in [-0.3, -0.25) is 0 Å². The van der Waals surface area contributed by atoms with Crippen LogP contribution in [0, 0.1) is 5.92 Å². The zero-order valence-electron chi connectivity index (χ0n) is 18.2. The van der Waals surface area contributed by atoms with Crippen LogP contribution in [-0.2, 0) is 12.8 Å². The van der Waals surface area contributed by atoms with Crippen molar-refractivity contribution in [1.82, 2.24) is 15.6 Å². The average molecular weight is 399 g/mol. The molecule has 0 radical (unpaired) electrons. The predicted molar refractivity (Wildman–Crippen MR) is 124 cm³/mol. The fourth-order valence-electron chi connectivity index (χ4n) is 2.99. The number of nitrogens with zero attached hydrogens (tertiary/aromatic N) is 1. The lowest BCUT2D eigenvalue weighted by atomic mass is 10.0. The first kappa shape index (κ1) is 24.5. The Hall–Kier alpha value is -2.56. The Kier molecular flexibility index (Phi) is 13.0. The summed E-state index contributed by atoms with van der Waals surface area (Å²) in [5.74, 6) is 1.45. The summed E-state index contributed by atoms with van der Waals surface area (Å²) in [6.45, 7) is 13.3. The van der Waals surface area contributed by atoms with E-state index in [2.05, 4.69) is 54.2 Å². The van der Waals surface area contributed by atoms with E-state index in [0.29, 0.717) is 19.0 Å². The quantitative estimate of drug-likeness (QED) is 0.425. The smallest absolute Gasteiger partial charge is 0.314 e. The van der Waals surface area contributed by atoms with Gasteiger partial charge in [0.05, 0.1) is 0 Å². The molecule has 0 fully saturated rings. The number of aryl methyl sites for hydroxylation is 1. The molecule has 1 aliphatic heterocycles. The number of urea groups is 1. The number of aromatic nitrogens is 1. The van der Waals surface area contributed by atoms with Crippen molar-refractivity contribution in [3.05, 3.63) is 60.9 Å². The molecular formula is C24H38N4O. The summed E-state index contributed by atoms with van der Waals surface area (Å²) in [6.07, 6.45) is 14.0. The van der Waals surface area contributed by atoms with Gasteiger partial charge >= 0.3 is 6.03 Å². The highest BCUT2D eigenvalue weighted by Gasteiger charge is 2.09. The number of allylic oxidation sites excluding steroid dienone is 4. The minimum atomic E-state index is -0.116. The molecule has 1 unspecified atom stereocenters. The summed E-state index contributed by atoms with van der Waals surface area (Å²) in [6, 6.07) is 4.14. The van der Waals surface area contributed by atoms with Gasteiger partial charge in [0.1, 0.15) is 5.82 Å². The Morgan fingerprint density at radius 3 is 2.76 bits per heavy atom. The van der Waals surface area contributed by atoms with Crippen LogP contribution in [0.15, 0.2) is 49.6 Å². The van der Waals surface area contributed by atoms with Crippen LogP contribution in [0.3, 0.4) is 0 Å².